The molecule has 0 spiro atoms. The Balaban J connectivity index is 2.24. The van der Waals surface area contributed by atoms with Crippen LogP contribution in [0, 0.1) is 10.5 Å². The minimum Gasteiger partial charge on any atom is -0.388 e. The Morgan fingerprint density at radius 3 is 2.48 bits per heavy atom. The number of rotatable bonds is 3. The number of aliphatic hydroxyl groups is 1. The number of halogens is 4. The molecule has 21 heavy (non-hydrogen) atoms. The summed E-state index contributed by atoms with van der Waals surface area (Å²) >= 11 is 2.14. The van der Waals surface area contributed by atoms with Crippen LogP contribution in [0.3, 0.4) is 0 Å². The fourth-order valence-corrected chi connectivity index (χ4v) is 2.85. The van der Waals surface area contributed by atoms with Gasteiger partial charge in [-0.05, 0) is 52.3 Å². The van der Waals surface area contributed by atoms with Crippen molar-refractivity contribution in [1.29, 1.82) is 0 Å². The molecule has 0 bridgehead atoms. The van der Waals surface area contributed by atoms with E-state index in [0.717, 1.165) is 26.8 Å². The fourth-order valence-electron chi connectivity index (χ4n) is 2.14. The van der Waals surface area contributed by atoms with Crippen molar-refractivity contribution in [3.63, 3.8) is 0 Å². The average Bonchev–Trinajstić information content (AvgIpc) is 2.41. The van der Waals surface area contributed by atoms with E-state index >= 15 is 0 Å². The minimum absolute atomic E-state index is 0.156. The van der Waals surface area contributed by atoms with E-state index in [4.69, 9.17) is 0 Å². The second kappa shape index (κ2) is 6.36. The highest BCUT2D eigenvalue weighted by molar-refractivity contribution is 14.1. The lowest BCUT2D eigenvalue weighted by Gasteiger charge is -2.15. The first-order chi connectivity index (χ1) is 9.79. The third-order valence-electron chi connectivity index (χ3n) is 3.26. The summed E-state index contributed by atoms with van der Waals surface area (Å²) in [6.45, 7) is 1.93. The van der Waals surface area contributed by atoms with E-state index in [2.05, 4.69) is 22.6 Å². The zero-order chi connectivity index (χ0) is 15.6. The molecule has 0 heterocycles. The highest BCUT2D eigenvalue weighted by Crippen LogP contribution is 2.31. The molecule has 0 saturated carbocycles. The molecule has 0 saturated heterocycles. The Morgan fingerprint density at radius 1 is 1.14 bits per heavy atom. The Bertz CT molecular complexity index is 638. The predicted octanol–water partition coefficient (Wildman–Crippen LogP) is 4.89. The van der Waals surface area contributed by atoms with Crippen LogP contribution in [0.2, 0.25) is 0 Å². The van der Waals surface area contributed by atoms with Crippen LogP contribution in [-0.4, -0.2) is 5.11 Å². The SMILES string of the molecule is Cc1cccc(C(O)Cc2cccc(C(F)(F)F)c2)c1I. The molecule has 5 heteroatoms. The maximum atomic E-state index is 12.7. The monoisotopic (exact) mass is 406 g/mol. The van der Waals surface area contributed by atoms with Crippen LogP contribution >= 0.6 is 22.6 Å². The van der Waals surface area contributed by atoms with Gasteiger partial charge in [-0.2, -0.15) is 13.2 Å². The molecular weight excluding hydrogens is 392 g/mol. The van der Waals surface area contributed by atoms with E-state index in [0.29, 0.717) is 5.56 Å². The van der Waals surface area contributed by atoms with Crippen LogP contribution in [-0.2, 0) is 12.6 Å². The Hall–Kier alpha value is -1.08. The summed E-state index contributed by atoms with van der Waals surface area (Å²) in [7, 11) is 0. The molecule has 2 aromatic rings. The quantitative estimate of drug-likeness (QED) is 0.720. The topological polar surface area (TPSA) is 20.2 Å². The summed E-state index contributed by atoms with van der Waals surface area (Å²) in [6, 6.07) is 10.7. The van der Waals surface area contributed by atoms with Crippen LogP contribution in [0.1, 0.15) is 28.4 Å². The van der Waals surface area contributed by atoms with Gasteiger partial charge < -0.3 is 5.11 Å². The number of hydrogen-bond acceptors (Lipinski definition) is 1. The number of benzene rings is 2. The van der Waals surface area contributed by atoms with Gasteiger partial charge in [0, 0.05) is 9.99 Å². The van der Waals surface area contributed by atoms with Gasteiger partial charge in [-0.1, -0.05) is 36.4 Å². The highest BCUT2D eigenvalue weighted by atomic mass is 127. The smallest absolute Gasteiger partial charge is 0.388 e. The van der Waals surface area contributed by atoms with Crippen LogP contribution in [0.15, 0.2) is 42.5 Å². The molecule has 0 aliphatic rings. The molecule has 2 aromatic carbocycles. The third-order valence-corrected chi connectivity index (χ3v) is 4.74. The maximum Gasteiger partial charge on any atom is 0.416 e. The first-order valence-electron chi connectivity index (χ1n) is 6.38. The maximum absolute atomic E-state index is 12.7. The molecule has 112 valence electrons. The summed E-state index contributed by atoms with van der Waals surface area (Å²) < 4.78 is 39.0. The summed E-state index contributed by atoms with van der Waals surface area (Å²) in [5.74, 6) is 0. The molecular formula is C16H14F3IO. The molecule has 0 fully saturated rings. The van der Waals surface area contributed by atoms with Crippen molar-refractivity contribution in [2.75, 3.05) is 0 Å². The molecule has 0 radical (unpaired) electrons. The number of hydrogen-bond donors (Lipinski definition) is 1. The molecule has 0 amide bonds. The van der Waals surface area contributed by atoms with Gasteiger partial charge in [-0.25, -0.2) is 0 Å². The van der Waals surface area contributed by atoms with E-state index in [1.54, 1.807) is 12.1 Å². The minimum atomic E-state index is -4.36. The van der Waals surface area contributed by atoms with E-state index in [-0.39, 0.29) is 6.42 Å². The lowest BCUT2D eigenvalue weighted by Crippen LogP contribution is -2.08. The number of aliphatic hydroxyl groups excluding tert-OH is 1. The van der Waals surface area contributed by atoms with Gasteiger partial charge in [0.25, 0.3) is 0 Å². The van der Waals surface area contributed by atoms with Crippen LogP contribution in [0.5, 0.6) is 0 Å². The van der Waals surface area contributed by atoms with Gasteiger partial charge in [-0.3, -0.25) is 0 Å². The fraction of sp³-hybridized carbons (Fsp3) is 0.250. The lowest BCUT2D eigenvalue weighted by atomic mass is 9.99. The summed E-state index contributed by atoms with van der Waals surface area (Å²) in [6.07, 6.45) is -5.03. The van der Waals surface area contributed by atoms with Crippen molar-refractivity contribution in [1.82, 2.24) is 0 Å². The second-order valence-electron chi connectivity index (χ2n) is 4.90. The second-order valence-corrected chi connectivity index (χ2v) is 5.97. The normalized spacial score (nSPS) is 13.2. The molecule has 0 aliphatic carbocycles. The Morgan fingerprint density at radius 2 is 1.81 bits per heavy atom. The Labute approximate surface area is 135 Å². The highest BCUT2D eigenvalue weighted by Gasteiger charge is 2.30. The molecule has 1 atom stereocenters. The molecule has 0 aromatic heterocycles. The standard InChI is InChI=1S/C16H14F3IO/c1-10-4-2-7-13(15(10)20)14(21)9-11-5-3-6-12(8-11)16(17,18)19/h2-8,14,21H,9H2,1H3. The van der Waals surface area contributed by atoms with E-state index in [9.17, 15) is 18.3 Å². The van der Waals surface area contributed by atoms with Gasteiger partial charge in [-0.15, -0.1) is 0 Å². The average molecular weight is 406 g/mol. The first kappa shape index (κ1) is 16.3. The zero-order valence-corrected chi connectivity index (χ0v) is 13.4. The van der Waals surface area contributed by atoms with Crippen LogP contribution in [0.25, 0.3) is 0 Å². The van der Waals surface area contributed by atoms with Crippen LogP contribution < -0.4 is 0 Å². The van der Waals surface area contributed by atoms with Crippen molar-refractivity contribution >= 4 is 22.6 Å². The third kappa shape index (κ3) is 3.97. The van der Waals surface area contributed by atoms with Gasteiger partial charge in [0.05, 0.1) is 11.7 Å². The van der Waals surface area contributed by atoms with Gasteiger partial charge >= 0.3 is 6.18 Å². The largest absolute Gasteiger partial charge is 0.416 e. The van der Waals surface area contributed by atoms with Crippen LogP contribution in [0.4, 0.5) is 13.2 Å². The van der Waals surface area contributed by atoms with Gasteiger partial charge in [0.2, 0.25) is 0 Å². The first-order valence-corrected chi connectivity index (χ1v) is 7.46. The molecule has 0 aliphatic heterocycles. The molecule has 2 rings (SSSR count). The van der Waals surface area contributed by atoms with E-state index in [1.807, 2.05) is 19.1 Å². The van der Waals surface area contributed by atoms with E-state index in [1.165, 1.54) is 6.07 Å². The lowest BCUT2D eigenvalue weighted by molar-refractivity contribution is -0.137. The predicted molar refractivity (Wildman–Crippen MR) is 84.0 cm³/mol. The van der Waals surface area contributed by atoms with Gasteiger partial charge in [0.1, 0.15) is 0 Å². The van der Waals surface area contributed by atoms with Crippen molar-refractivity contribution in [3.05, 3.63) is 68.3 Å². The number of alkyl halides is 3. The van der Waals surface area contributed by atoms with Crippen molar-refractivity contribution in [3.8, 4) is 0 Å². The Kier molecular flexibility index (Phi) is 4.93. The van der Waals surface area contributed by atoms with Gasteiger partial charge in [0.15, 0.2) is 0 Å². The molecule has 1 N–H and O–H groups in total. The zero-order valence-electron chi connectivity index (χ0n) is 11.3. The summed E-state index contributed by atoms with van der Waals surface area (Å²) in [5.41, 5.74) is 1.56. The number of aryl methyl sites for hydroxylation is 1. The summed E-state index contributed by atoms with van der Waals surface area (Å²) in [4.78, 5) is 0. The molecule has 1 nitrogen and oxygen atoms in total. The van der Waals surface area contributed by atoms with Crippen molar-refractivity contribution in [2.45, 2.75) is 25.6 Å². The summed E-state index contributed by atoms with van der Waals surface area (Å²) in [5, 5.41) is 10.3. The van der Waals surface area contributed by atoms with Crippen molar-refractivity contribution in [2.24, 2.45) is 0 Å². The molecule has 1 unspecified atom stereocenters. The van der Waals surface area contributed by atoms with Crippen molar-refractivity contribution < 1.29 is 18.3 Å². The van der Waals surface area contributed by atoms with E-state index < -0.39 is 17.8 Å².